The third-order valence-electron chi connectivity index (χ3n) is 4.38. The molecule has 1 heterocycles. The fourth-order valence-electron chi connectivity index (χ4n) is 3.20. The maximum absolute atomic E-state index is 12.2. The molecule has 1 aliphatic heterocycles. The Balaban J connectivity index is 2.02. The second kappa shape index (κ2) is 7.77. The Morgan fingerprint density at radius 2 is 1.96 bits per heavy atom. The maximum atomic E-state index is 12.2. The van der Waals surface area contributed by atoms with E-state index in [9.17, 15) is 4.79 Å². The number of nitrogens with zero attached hydrogens (tertiary/aromatic N) is 2. The number of ether oxygens (including phenoxy) is 1. The number of amides is 1. The van der Waals surface area contributed by atoms with Gasteiger partial charge >= 0.3 is 6.09 Å². The number of halogens is 1. The van der Waals surface area contributed by atoms with Gasteiger partial charge in [-0.2, -0.15) is 0 Å². The van der Waals surface area contributed by atoms with E-state index >= 15 is 0 Å². The monoisotopic (exact) mass is 396 g/mol. The van der Waals surface area contributed by atoms with Crippen molar-refractivity contribution in [3.8, 4) is 0 Å². The maximum Gasteiger partial charge on any atom is 0.410 e. The molecule has 1 saturated heterocycles. The van der Waals surface area contributed by atoms with Gasteiger partial charge in [0.15, 0.2) is 0 Å². The fraction of sp³-hybridized carbons (Fsp3) is 0.632. The van der Waals surface area contributed by atoms with Crippen molar-refractivity contribution in [1.82, 2.24) is 4.90 Å². The Morgan fingerprint density at radius 3 is 2.50 bits per heavy atom. The number of carbonyl (C=O) groups is 1. The van der Waals surface area contributed by atoms with Crippen molar-refractivity contribution in [2.45, 2.75) is 59.1 Å². The third kappa shape index (κ3) is 4.88. The van der Waals surface area contributed by atoms with Crippen LogP contribution in [0.3, 0.4) is 0 Å². The van der Waals surface area contributed by atoms with Crippen molar-refractivity contribution < 1.29 is 9.53 Å². The van der Waals surface area contributed by atoms with Crippen LogP contribution in [-0.2, 0) is 4.74 Å². The molecule has 0 spiro atoms. The van der Waals surface area contributed by atoms with Crippen LogP contribution in [0.25, 0.3) is 0 Å². The summed E-state index contributed by atoms with van der Waals surface area (Å²) in [6.07, 6.45) is 1.75. The zero-order chi connectivity index (χ0) is 17.9. The number of piperidine rings is 1. The molecule has 0 N–H and O–H groups in total. The van der Waals surface area contributed by atoms with E-state index in [1.54, 1.807) is 0 Å². The Labute approximate surface area is 154 Å². The first-order chi connectivity index (χ1) is 11.2. The van der Waals surface area contributed by atoms with Crippen LogP contribution in [0.15, 0.2) is 22.7 Å². The van der Waals surface area contributed by atoms with Crippen molar-refractivity contribution in [3.05, 3.63) is 28.2 Å². The molecule has 5 heteroatoms. The minimum Gasteiger partial charge on any atom is -0.444 e. The lowest BCUT2D eigenvalue weighted by Crippen LogP contribution is -2.48. The highest BCUT2D eigenvalue weighted by molar-refractivity contribution is 9.10. The van der Waals surface area contributed by atoms with E-state index in [4.69, 9.17) is 4.74 Å². The van der Waals surface area contributed by atoms with Gasteiger partial charge in [0.25, 0.3) is 0 Å². The Kier molecular flexibility index (Phi) is 6.18. The number of aryl methyl sites for hydroxylation is 1. The summed E-state index contributed by atoms with van der Waals surface area (Å²) in [5.74, 6) is 0. The summed E-state index contributed by atoms with van der Waals surface area (Å²) in [6, 6.07) is 6.89. The summed E-state index contributed by atoms with van der Waals surface area (Å²) in [4.78, 5) is 16.5. The van der Waals surface area contributed by atoms with Crippen molar-refractivity contribution in [2.24, 2.45) is 0 Å². The first-order valence-electron chi connectivity index (χ1n) is 8.72. The summed E-state index contributed by atoms with van der Waals surface area (Å²) >= 11 is 3.58. The second-order valence-electron chi connectivity index (χ2n) is 7.42. The Bertz CT molecular complexity index is 575. The smallest absolute Gasteiger partial charge is 0.410 e. The highest BCUT2D eigenvalue weighted by Gasteiger charge is 2.29. The summed E-state index contributed by atoms with van der Waals surface area (Å²) in [7, 11) is 0. The van der Waals surface area contributed by atoms with E-state index in [0.717, 1.165) is 36.9 Å². The van der Waals surface area contributed by atoms with Gasteiger partial charge in [0.1, 0.15) is 5.60 Å². The average molecular weight is 397 g/mol. The van der Waals surface area contributed by atoms with Gasteiger partial charge in [-0.05, 0) is 65.2 Å². The van der Waals surface area contributed by atoms with Crippen LogP contribution in [0.1, 0.15) is 46.1 Å². The molecule has 1 aliphatic rings. The highest BCUT2D eigenvalue weighted by Crippen LogP contribution is 2.29. The van der Waals surface area contributed by atoms with Crippen molar-refractivity contribution in [1.29, 1.82) is 0 Å². The number of hydrogen-bond acceptors (Lipinski definition) is 3. The first kappa shape index (κ1) is 19.1. The number of anilines is 1. The van der Waals surface area contributed by atoms with Crippen LogP contribution < -0.4 is 4.90 Å². The van der Waals surface area contributed by atoms with Gasteiger partial charge in [0.05, 0.1) is 0 Å². The third-order valence-corrected chi connectivity index (χ3v) is 4.87. The molecule has 134 valence electrons. The lowest BCUT2D eigenvalue weighted by Gasteiger charge is -2.40. The Hall–Kier alpha value is -1.23. The second-order valence-corrected chi connectivity index (χ2v) is 8.33. The predicted octanol–water partition coefficient (Wildman–Crippen LogP) is 4.98. The molecule has 0 unspecified atom stereocenters. The predicted molar refractivity (Wildman–Crippen MR) is 103 cm³/mol. The van der Waals surface area contributed by atoms with Crippen LogP contribution in [0.5, 0.6) is 0 Å². The molecule has 4 nitrogen and oxygen atoms in total. The zero-order valence-corrected chi connectivity index (χ0v) is 17.0. The molecule has 0 aliphatic carbocycles. The summed E-state index contributed by atoms with van der Waals surface area (Å²) in [6.45, 7) is 12.5. The molecule has 0 atom stereocenters. The lowest BCUT2D eigenvalue weighted by atomic mass is 10.0. The van der Waals surface area contributed by atoms with E-state index in [1.165, 1.54) is 11.3 Å². The van der Waals surface area contributed by atoms with Gasteiger partial charge in [-0.15, -0.1) is 0 Å². The minimum atomic E-state index is -0.434. The molecule has 0 radical (unpaired) electrons. The number of likely N-dealkylation sites (tertiary alicyclic amines) is 1. The Morgan fingerprint density at radius 1 is 1.33 bits per heavy atom. The van der Waals surface area contributed by atoms with Crippen LogP contribution in [0.4, 0.5) is 10.5 Å². The largest absolute Gasteiger partial charge is 0.444 e. The number of carbonyl (C=O) groups excluding carboxylic acids is 1. The van der Waals surface area contributed by atoms with Crippen molar-refractivity contribution in [3.63, 3.8) is 0 Å². The van der Waals surface area contributed by atoms with E-state index in [-0.39, 0.29) is 6.09 Å². The van der Waals surface area contributed by atoms with Crippen LogP contribution in [0, 0.1) is 6.92 Å². The number of rotatable bonds is 3. The standard InChI is InChI=1S/C19H29BrN2O2/c1-6-22(17-13-15(20)8-7-14(17)2)16-9-11-21(12-10-16)18(23)24-19(3,4)5/h7-8,13,16H,6,9-12H2,1-5H3. The van der Waals surface area contributed by atoms with Gasteiger partial charge < -0.3 is 14.5 Å². The number of hydrogen-bond donors (Lipinski definition) is 0. The lowest BCUT2D eigenvalue weighted by molar-refractivity contribution is 0.0205. The molecule has 0 saturated carbocycles. The highest BCUT2D eigenvalue weighted by atomic mass is 79.9. The molecule has 1 aromatic rings. The average Bonchev–Trinajstić information content (AvgIpc) is 2.50. The van der Waals surface area contributed by atoms with Gasteiger partial charge in [0.2, 0.25) is 0 Å². The summed E-state index contributed by atoms with van der Waals surface area (Å²) in [5, 5.41) is 0. The zero-order valence-electron chi connectivity index (χ0n) is 15.4. The molecule has 0 aromatic heterocycles. The molecule has 1 amide bonds. The van der Waals surface area contributed by atoms with Gasteiger partial charge in [-0.1, -0.05) is 22.0 Å². The summed E-state index contributed by atoms with van der Waals surface area (Å²) < 4.78 is 6.59. The fourth-order valence-corrected chi connectivity index (χ4v) is 3.55. The quantitative estimate of drug-likeness (QED) is 0.721. The summed E-state index contributed by atoms with van der Waals surface area (Å²) in [5.41, 5.74) is 2.13. The van der Waals surface area contributed by atoms with Crippen LogP contribution in [-0.4, -0.2) is 42.3 Å². The van der Waals surface area contributed by atoms with Gasteiger partial charge in [-0.25, -0.2) is 4.79 Å². The first-order valence-corrected chi connectivity index (χ1v) is 9.51. The number of benzene rings is 1. The van der Waals surface area contributed by atoms with Gasteiger partial charge in [0, 0.05) is 35.8 Å². The van der Waals surface area contributed by atoms with Crippen LogP contribution >= 0.6 is 15.9 Å². The van der Waals surface area contributed by atoms with E-state index in [2.05, 4.69) is 52.9 Å². The molecule has 1 aromatic carbocycles. The van der Waals surface area contributed by atoms with E-state index in [0.29, 0.717) is 6.04 Å². The van der Waals surface area contributed by atoms with Gasteiger partial charge in [-0.3, -0.25) is 0 Å². The molecule has 24 heavy (non-hydrogen) atoms. The SMILES string of the molecule is CCN(c1cc(Br)ccc1C)C1CCN(C(=O)OC(C)(C)C)CC1. The minimum absolute atomic E-state index is 0.192. The molecule has 1 fully saturated rings. The topological polar surface area (TPSA) is 32.8 Å². The van der Waals surface area contributed by atoms with Crippen molar-refractivity contribution >= 4 is 27.7 Å². The molecular formula is C19H29BrN2O2. The van der Waals surface area contributed by atoms with E-state index < -0.39 is 5.60 Å². The normalized spacial score (nSPS) is 16.2. The van der Waals surface area contributed by atoms with E-state index in [1.807, 2.05) is 25.7 Å². The molecular weight excluding hydrogens is 368 g/mol. The van der Waals surface area contributed by atoms with Crippen LogP contribution in [0.2, 0.25) is 0 Å². The molecule has 0 bridgehead atoms. The van der Waals surface area contributed by atoms with Crippen molar-refractivity contribution in [2.75, 3.05) is 24.5 Å². The molecule has 2 rings (SSSR count).